The van der Waals surface area contributed by atoms with Gasteiger partial charge in [-0.25, -0.2) is 0 Å². The van der Waals surface area contributed by atoms with Crippen molar-refractivity contribution in [3.05, 3.63) is 78.4 Å². The average molecular weight is 366 g/mol. The molecule has 0 bridgehead atoms. The molecular weight excluding hydrogens is 346 g/mol. The first-order valence-corrected chi connectivity index (χ1v) is 10.2. The van der Waals surface area contributed by atoms with Crippen LogP contribution in [0.15, 0.2) is 82.6 Å². The highest BCUT2D eigenvalue weighted by atomic mass is 32.2. The van der Waals surface area contributed by atoms with Crippen LogP contribution in [0.25, 0.3) is 0 Å². The van der Waals surface area contributed by atoms with Gasteiger partial charge in [0.15, 0.2) is 0 Å². The van der Waals surface area contributed by atoms with E-state index in [2.05, 4.69) is 61.5 Å². The van der Waals surface area contributed by atoms with Crippen molar-refractivity contribution >= 4 is 35.1 Å². The third-order valence-corrected chi connectivity index (χ3v) is 6.70. The Bertz CT molecular complexity index is 841. The Balaban J connectivity index is 1.58. The smallest absolute Gasteiger partial charge is 0.237 e. The van der Waals surface area contributed by atoms with Crippen molar-refractivity contribution in [1.29, 1.82) is 0 Å². The molecule has 25 heavy (non-hydrogen) atoms. The van der Waals surface area contributed by atoms with Gasteiger partial charge in [-0.1, -0.05) is 54.1 Å². The molecule has 2 unspecified atom stereocenters. The zero-order valence-corrected chi connectivity index (χ0v) is 15.6. The molecule has 126 valence electrons. The fraction of sp³-hybridized carbons (Fsp3) is 0.190. The van der Waals surface area contributed by atoms with Crippen molar-refractivity contribution in [2.75, 3.05) is 10.7 Å². The Morgan fingerprint density at radius 2 is 1.84 bits per heavy atom. The van der Waals surface area contributed by atoms with Crippen LogP contribution in [0.3, 0.4) is 0 Å². The molecule has 1 amide bonds. The highest BCUT2D eigenvalue weighted by Gasteiger charge is 2.36. The number of nitrogens with zero attached hydrogens (tertiary/aromatic N) is 1. The fourth-order valence-electron chi connectivity index (χ4n) is 3.13. The van der Waals surface area contributed by atoms with Gasteiger partial charge < -0.3 is 4.90 Å². The fourth-order valence-corrected chi connectivity index (χ4v) is 5.15. The normalized spacial score (nSPS) is 20.9. The second kappa shape index (κ2) is 7.14. The minimum absolute atomic E-state index is 0.0935. The first kappa shape index (κ1) is 16.6. The quantitative estimate of drug-likeness (QED) is 0.707. The first-order chi connectivity index (χ1) is 12.2. The van der Waals surface area contributed by atoms with Crippen LogP contribution in [-0.4, -0.2) is 23.0 Å². The van der Waals surface area contributed by atoms with E-state index < -0.39 is 0 Å². The van der Waals surface area contributed by atoms with Crippen LogP contribution < -0.4 is 4.90 Å². The number of anilines is 1. The van der Waals surface area contributed by atoms with Gasteiger partial charge in [-0.3, -0.25) is 4.79 Å². The number of fused-ring (bicyclic) bond motifs is 2. The summed E-state index contributed by atoms with van der Waals surface area (Å²) in [6, 6.07) is 16.6. The molecule has 0 saturated heterocycles. The number of hydrogen-bond donors (Lipinski definition) is 0. The zero-order valence-electron chi connectivity index (χ0n) is 14.0. The highest BCUT2D eigenvalue weighted by Crippen LogP contribution is 2.43. The number of amides is 1. The van der Waals surface area contributed by atoms with Crippen molar-refractivity contribution < 1.29 is 4.79 Å². The maximum Gasteiger partial charge on any atom is 0.237 e. The van der Waals surface area contributed by atoms with E-state index in [-0.39, 0.29) is 17.2 Å². The van der Waals surface area contributed by atoms with Crippen molar-refractivity contribution in [2.24, 2.45) is 0 Å². The maximum absolute atomic E-state index is 13.1. The highest BCUT2D eigenvalue weighted by molar-refractivity contribution is 8.00. The molecule has 0 saturated carbocycles. The lowest BCUT2D eigenvalue weighted by atomic mass is 10.0. The average Bonchev–Trinajstić information content (AvgIpc) is 2.65. The molecule has 0 aromatic heterocycles. The van der Waals surface area contributed by atoms with Gasteiger partial charge in [0.2, 0.25) is 5.91 Å². The number of rotatable bonds is 3. The van der Waals surface area contributed by atoms with E-state index in [4.69, 9.17) is 0 Å². The number of para-hydroxylation sites is 1. The maximum atomic E-state index is 13.1. The molecule has 4 rings (SSSR count). The number of carbonyl (C=O) groups is 1. The van der Waals surface area contributed by atoms with E-state index in [0.717, 1.165) is 10.6 Å². The number of hydrogen-bond acceptors (Lipinski definition) is 3. The molecule has 1 aliphatic carbocycles. The number of aryl methyl sites for hydroxylation is 1. The first-order valence-electron chi connectivity index (χ1n) is 8.34. The third-order valence-electron chi connectivity index (χ3n) is 4.39. The molecular formula is C21H19NOS2. The van der Waals surface area contributed by atoms with Crippen LogP contribution in [0.4, 0.5) is 5.69 Å². The van der Waals surface area contributed by atoms with Crippen LogP contribution in [0, 0.1) is 6.92 Å². The van der Waals surface area contributed by atoms with Crippen LogP contribution in [0.1, 0.15) is 5.56 Å². The van der Waals surface area contributed by atoms with E-state index in [1.54, 1.807) is 11.8 Å². The van der Waals surface area contributed by atoms with Crippen LogP contribution in [0.5, 0.6) is 0 Å². The molecule has 0 N–H and O–H groups in total. The zero-order chi connectivity index (χ0) is 17.2. The molecule has 2 atom stereocenters. The summed E-state index contributed by atoms with van der Waals surface area (Å²) < 4.78 is 0. The molecule has 1 aliphatic heterocycles. The summed E-state index contributed by atoms with van der Waals surface area (Å²) in [5, 5.41) is 0.285. The molecule has 2 aliphatic rings. The van der Waals surface area contributed by atoms with Crippen molar-refractivity contribution in [3.63, 3.8) is 0 Å². The van der Waals surface area contributed by atoms with E-state index in [9.17, 15) is 4.79 Å². The van der Waals surface area contributed by atoms with E-state index in [1.807, 2.05) is 34.9 Å². The minimum atomic E-state index is 0.0935. The predicted octanol–water partition coefficient (Wildman–Crippen LogP) is 5.09. The Kier molecular flexibility index (Phi) is 4.73. The largest absolute Gasteiger partial charge is 0.302 e. The second-order valence-corrected chi connectivity index (χ2v) is 8.44. The molecule has 2 aromatic rings. The van der Waals surface area contributed by atoms with Gasteiger partial charge in [0.05, 0.1) is 22.7 Å². The number of thioether (sulfide) groups is 2. The van der Waals surface area contributed by atoms with Crippen LogP contribution in [0.2, 0.25) is 0 Å². The Labute approximate surface area is 157 Å². The van der Waals surface area contributed by atoms with Gasteiger partial charge in [-0.15, -0.1) is 23.5 Å². The summed E-state index contributed by atoms with van der Waals surface area (Å²) in [5.74, 6) is 0.608. The number of benzene rings is 2. The summed E-state index contributed by atoms with van der Waals surface area (Å²) in [7, 11) is 0. The summed E-state index contributed by atoms with van der Waals surface area (Å²) in [4.78, 5) is 17.4. The van der Waals surface area contributed by atoms with E-state index in [1.165, 1.54) is 10.5 Å². The Morgan fingerprint density at radius 3 is 2.68 bits per heavy atom. The van der Waals surface area contributed by atoms with Gasteiger partial charge in [0, 0.05) is 9.79 Å². The van der Waals surface area contributed by atoms with Crippen molar-refractivity contribution in [3.8, 4) is 0 Å². The van der Waals surface area contributed by atoms with Crippen molar-refractivity contribution in [1.82, 2.24) is 0 Å². The van der Waals surface area contributed by atoms with Crippen LogP contribution in [-0.2, 0) is 4.79 Å². The lowest BCUT2D eigenvalue weighted by molar-refractivity contribution is -0.116. The third kappa shape index (κ3) is 3.42. The lowest BCUT2D eigenvalue weighted by Crippen LogP contribution is -2.48. The molecule has 4 heteroatoms. The molecule has 0 spiro atoms. The second-order valence-electron chi connectivity index (χ2n) is 6.18. The molecule has 0 radical (unpaired) electrons. The lowest BCUT2D eigenvalue weighted by Gasteiger charge is -2.40. The monoisotopic (exact) mass is 365 g/mol. The summed E-state index contributed by atoms with van der Waals surface area (Å²) in [6.45, 7) is 2.07. The number of carbonyl (C=O) groups excluding carboxylic acids is 1. The van der Waals surface area contributed by atoms with Gasteiger partial charge in [-0.05, 0) is 31.2 Å². The van der Waals surface area contributed by atoms with Crippen molar-refractivity contribution in [2.45, 2.75) is 28.0 Å². The number of allylic oxidation sites excluding steroid dienone is 2. The SMILES string of the molecule is Cc1ccc(SCC(=O)N2c3ccccc3SC3C=CC=CC32)cc1. The van der Waals surface area contributed by atoms with Gasteiger partial charge in [0.25, 0.3) is 0 Å². The molecule has 2 nitrogen and oxygen atoms in total. The molecule has 0 fully saturated rings. The van der Waals surface area contributed by atoms with Crippen LogP contribution >= 0.6 is 23.5 Å². The standard InChI is InChI=1S/C21H19NOS2/c1-15-10-12-16(13-11-15)24-14-21(23)22-17-6-2-4-8-19(17)25-20-9-5-3-7-18(20)22/h2-13,17,19H,14H2,1H3. The van der Waals surface area contributed by atoms with E-state index in [0.29, 0.717) is 5.75 Å². The Hall–Kier alpha value is -1.91. The molecule has 1 heterocycles. The van der Waals surface area contributed by atoms with E-state index >= 15 is 0 Å². The topological polar surface area (TPSA) is 20.3 Å². The molecule has 2 aromatic carbocycles. The van der Waals surface area contributed by atoms with Gasteiger partial charge in [-0.2, -0.15) is 0 Å². The predicted molar refractivity (Wildman–Crippen MR) is 108 cm³/mol. The summed E-state index contributed by atoms with van der Waals surface area (Å²) in [5.41, 5.74) is 2.27. The van der Waals surface area contributed by atoms with Gasteiger partial charge >= 0.3 is 0 Å². The Morgan fingerprint density at radius 1 is 1.08 bits per heavy atom. The minimum Gasteiger partial charge on any atom is -0.302 e. The summed E-state index contributed by atoms with van der Waals surface area (Å²) in [6.07, 6.45) is 8.45. The summed E-state index contributed by atoms with van der Waals surface area (Å²) >= 11 is 3.44. The van der Waals surface area contributed by atoms with Gasteiger partial charge in [0.1, 0.15) is 0 Å².